The molecule has 36 heteroatoms. The van der Waals surface area contributed by atoms with Crippen LogP contribution in [0.1, 0.15) is 24.0 Å². The van der Waals surface area contributed by atoms with Gasteiger partial charge in [0.1, 0.15) is 16.3 Å². The second kappa shape index (κ2) is 26.8. The molecule has 410 valence electrons. The Morgan fingerprint density at radius 1 is 0.636 bits per heavy atom. The van der Waals surface area contributed by atoms with Crippen LogP contribution >= 0.6 is 23.5 Å². The Hall–Kier alpha value is -7.13. The summed E-state index contributed by atoms with van der Waals surface area (Å²) in [5, 5.41) is 37.6. The maximum absolute atomic E-state index is 12.2. The topological polar surface area (TPSA) is 462 Å². The number of nitro benzene ring substituents is 1. The van der Waals surface area contributed by atoms with Crippen LogP contribution in [0.25, 0.3) is 0 Å². The van der Waals surface area contributed by atoms with E-state index >= 15 is 0 Å². The minimum absolute atomic E-state index is 0.0214. The van der Waals surface area contributed by atoms with Crippen molar-refractivity contribution in [2.24, 2.45) is 20.5 Å². The molecule has 9 N–H and O–H groups in total. The smallest absolute Gasteiger partial charge is 0.398 e. The summed E-state index contributed by atoms with van der Waals surface area (Å²) in [6.45, 7) is 1.85. The molecular formula is C41H42N12O17S7. The number of non-ortho nitro benzene ring substituents is 1. The molecule has 0 radical (unpaired) electrons. The molecule has 6 rings (SSSR count). The van der Waals surface area contributed by atoms with Crippen molar-refractivity contribution < 1.29 is 69.4 Å². The van der Waals surface area contributed by atoms with Crippen LogP contribution in [0.4, 0.5) is 63.3 Å². The van der Waals surface area contributed by atoms with Crippen molar-refractivity contribution in [3.05, 3.63) is 118 Å². The van der Waals surface area contributed by atoms with Gasteiger partial charge in [-0.25, -0.2) is 0 Å². The summed E-state index contributed by atoms with van der Waals surface area (Å²) in [5.41, 5.74) is 7.61. The molecule has 6 aromatic rings. The molecule has 0 amide bonds. The van der Waals surface area contributed by atoms with Gasteiger partial charge in [0.15, 0.2) is 0 Å². The lowest BCUT2D eigenvalue weighted by molar-refractivity contribution is -0.385. The monoisotopic (exact) mass is 1200 g/mol. The van der Waals surface area contributed by atoms with Crippen molar-refractivity contribution in [1.82, 2.24) is 15.0 Å². The third-order valence-corrected chi connectivity index (χ3v) is 15.2. The zero-order valence-corrected chi connectivity index (χ0v) is 45.0. The molecule has 5 aromatic carbocycles. The first kappa shape index (κ1) is 60.7. The fourth-order valence-electron chi connectivity index (χ4n) is 6.15. The van der Waals surface area contributed by atoms with Crippen LogP contribution in [0.5, 0.6) is 0 Å². The zero-order valence-electron chi connectivity index (χ0n) is 39.3. The summed E-state index contributed by atoms with van der Waals surface area (Å²) >= 11 is 2.23. The number of aromatic nitrogens is 3. The van der Waals surface area contributed by atoms with Crippen molar-refractivity contribution in [3.8, 4) is 0 Å². The van der Waals surface area contributed by atoms with Gasteiger partial charge < -0.3 is 21.7 Å². The summed E-state index contributed by atoms with van der Waals surface area (Å²) < 4.78 is 157. The Labute approximate surface area is 449 Å². The lowest BCUT2D eigenvalue weighted by Crippen LogP contribution is -2.10. The molecule has 1 aromatic heterocycles. The molecule has 77 heavy (non-hydrogen) atoms. The first-order chi connectivity index (χ1) is 36.0. The Kier molecular flexibility index (Phi) is 21.1. The quantitative estimate of drug-likeness (QED) is 0.00544. The Morgan fingerprint density at radius 2 is 1.19 bits per heavy atom. The number of nitrogens with zero attached hydrogens (tertiary/aromatic N) is 8. The number of nitrogen functional groups attached to an aromatic ring is 1. The fraction of sp³-hybridized carbons (Fsp3) is 0.195. The third kappa shape index (κ3) is 20.4. The highest BCUT2D eigenvalue weighted by atomic mass is 32.2. The van der Waals surface area contributed by atoms with E-state index in [1.54, 1.807) is 6.92 Å². The third-order valence-electron chi connectivity index (χ3n) is 9.54. The van der Waals surface area contributed by atoms with E-state index in [1.807, 2.05) is 30.3 Å². The van der Waals surface area contributed by atoms with E-state index in [4.69, 9.17) is 18.4 Å². The number of rotatable bonds is 24. The van der Waals surface area contributed by atoms with Gasteiger partial charge in [0.05, 0.1) is 38.4 Å². The van der Waals surface area contributed by atoms with E-state index in [1.165, 1.54) is 42.5 Å². The van der Waals surface area contributed by atoms with Gasteiger partial charge in [-0.2, -0.15) is 53.7 Å². The van der Waals surface area contributed by atoms with Gasteiger partial charge in [0.25, 0.3) is 46.2 Å². The van der Waals surface area contributed by atoms with Gasteiger partial charge >= 0.3 is 10.6 Å². The van der Waals surface area contributed by atoms with Gasteiger partial charge in [-0.15, -0.1) is 51.5 Å². The lowest BCUT2D eigenvalue weighted by atomic mass is 10.2. The predicted octanol–water partition coefficient (Wildman–Crippen LogP) is 7.83. The average molecular weight is 1200 g/mol. The molecular weight excluding hydrogens is 1160 g/mol. The molecule has 0 unspecified atom stereocenters. The average Bonchev–Trinajstić information content (AvgIpc) is 3.32. The van der Waals surface area contributed by atoms with Crippen molar-refractivity contribution in [1.29, 1.82) is 0 Å². The van der Waals surface area contributed by atoms with Crippen LogP contribution in [-0.4, -0.2) is 107 Å². The first-order valence-electron chi connectivity index (χ1n) is 21.3. The van der Waals surface area contributed by atoms with E-state index in [-0.39, 0.29) is 82.9 Å². The van der Waals surface area contributed by atoms with E-state index in [0.29, 0.717) is 21.4 Å². The predicted molar refractivity (Wildman–Crippen MR) is 283 cm³/mol. The number of hydrogen-bond acceptors (Lipinski definition) is 26. The molecule has 0 aliphatic rings. The number of azo groups is 2. The molecule has 0 saturated carbocycles. The number of thioether (sulfide) groups is 2. The summed E-state index contributed by atoms with van der Waals surface area (Å²) in [6, 6.07) is 23.0. The molecule has 0 atom stereocenters. The van der Waals surface area contributed by atoms with Crippen molar-refractivity contribution in [2.75, 3.05) is 44.7 Å². The standard InChI is InChI=1S/C41H42N12O14S6.O3S/c1-25-18-35(37(69-15-7-17-71(59,60)61)22-32(25)50-49-31-13-12-28(53(54)55)20-38(31)73(65,66)67)52-51-34-23-36(68-14-6-16-70(56,57)58)30(42)21-33(34)45-41-47-39(43-24-26-8-3-2-4-9-26)46-40(48-41)44-27-10-5-11-29(19-27)72(62,63)64;1-4(2)3/h2-5,8-13,18-23H,6-7,14-17,24,42H2,1H3,(H,56,57,58)(H,59,60,61)(H,62,63,64)(H,65,66,67)(H3,43,44,45,46,47,48);. The Bertz CT molecular complexity index is 3800. The maximum atomic E-state index is 12.2. The second-order valence-corrected chi connectivity index (χ2v) is 24.0. The van der Waals surface area contributed by atoms with Gasteiger partial charge in [-0.05, 0) is 90.9 Å². The molecule has 0 fully saturated rings. The van der Waals surface area contributed by atoms with Gasteiger partial charge in [0.2, 0.25) is 17.8 Å². The SMILES string of the molecule is Cc1cc(N=Nc2cc(SCCCS(=O)(=O)O)c(N)cc2Nc2nc(NCc3ccccc3)nc(Nc3cccc(S(=O)(=O)O)c3)n2)c(SCCCS(=O)(=O)O)cc1N=Nc1ccc([N+](=O)[O-])cc1S(=O)(=O)O.O=S(=O)=O. The number of anilines is 6. The van der Waals surface area contributed by atoms with Crippen LogP contribution in [0.15, 0.2) is 137 Å². The Morgan fingerprint density at radius 3 is 1.79 bits per heavy atom. The minimum atomic E-state index is -5.01. The number of nitro groups is 1. The first-order valence-corrected chi connectivity index (χ1v) is 30.4. The number of aryl methyl sites for hydroxylation is 1. The van der Waals surface area contributed by atoms with Crippen molar-refractivity contribution >= 4 is 138 Å². The highest BCUT2D eigenvalue weighted by Gasteiger charge is 2.21. The molecule has 0 saturated heterocycles. The number of nitrogens with two attached hydrogens (primary N) is 1. The van der Waals surface area contributed by atoms with E-state index in [9.17, 15) is 62.0 Å². The van der Waals surface area contributed by atoms with Crippen molar-refractivity contribution in [2.45, 2.75) is 45.9 Å². The Balaban J connectivity index is 0.00000264. The minimum Gasteiger partial charge on any atom is -0.398 e. The summed E-state index contributed by atoms with van der Waals surface area (Å²) in [6.07, 6.45) is 0.0290. The summed E-state index contributed by atoms with van der Waals surface area (Å²) in [5.74, 6) is -0.944. The molecule has 0 aliphatic carbocycles. The molecule has 0 spiro atoms. The molecule has 0 bridgehead atoms. The maximum Gasteiger partial charge on any atom is 0.425 e. The highest BCUT2D eigenvalue weighted by Crippen LogP contribution is 2.42. The van der Waals surface area contributed by atoms with Crippen LogP contribution in [0, 0.1) is 17.0 Å². The molecule has 1 heterocycles. The van der Waals surface area contributed by atoms with E-state index < -0.39 is 88.7 Å². The van der Waals surface area contributed by atoms with Crippen LogP contribution in [0.3, 0.4) is 0 Å². The number of benzene rings is 5. The van der Waals surface area contributed by atoms with Gasteiger partial charge in [-0.1, -0.05) is 36.4 Å². The summed E-state index contributed by atoms with van der Waals surface area (Å²) in [7, 11) is -21.3. The number of hydrogen-bond donors (Lipinski definition) is 8. The lowest BCUT2D eigenvalue weighted by Gasteiger charge is -2.15. The fourth-order valence-corrected chi connectivity index (χ4v) is 10.6. The van der Waals surface area contributed by atoms with Crippen LogP contribution in [-0.2, 0) is 57.6 Å². The molecule has 0 aliphatic heterocycles. The van der Waals surface area contributed by atoms with Gasteiger partial charge in [-0.3, -0.25) is 28.3 Å². The normalized spacial score (nSPS) is 12.0. The van der Waals surface area contributed by atoms with E-state index in [0.717, 1.165) is 47.3 Å². The van der Waals surface area contributed by atoms with Crippen LogP contribution < -0.4 is 21.7 Å². The zero-order chi connectivity index (χ0) is 56.7. The highest BCUT2D eigenvalue weighted by molar-refractivity contribution is 7.99. The van der Waals surface area contributed by atoms with E-state index in [2.05, 4.69) is 51.4 Å². The summed E-state index contributed by atoms with van der Waals surface area (Å²) in [4.78, 5) is 23.3. The van der Waals surface area contributed by atoms with Crippen molar-refractivity contribution in [3.63, 3.8) is 0 Å². The number of nitrogens with one attached hydrogen (secondary N) is 3. The second-order valence-electron chi connectivity index (χ2n) is 15.4. The van der Waals surface area contributed by atoms with Crippen LogP contribution in [0.2, 0.25) is 0 Å². The molecule has 29 nitrogen and oxygen atoms in total. The largest absolute Gasteiger partial charge is 0.425 e. The van der Waals surface area contributed by atoms with Gasteiger partial charge in [0, 0.05) is 39.8 Å².